The molecular weight excluding hydrogens is 359 g/mol. The Bertz CT molecular complexity index is 757. The highest BCUT2D eigenvalue weighted by Crippen LogP contribution is 2.31. The van der Waals surface area contributed by atoms with Crippen molar-refractivity contribution in [2.45, 2.75) is 25.2 Å². The molecule has 2 aromatic rings. The Morgan fingerprint density at radius 2 is 1.90 bits per heavy atom. The van der Waals surface area contributed by atoms with Crippen molar-refractivity contribution < 1.29 is 8.42 Å². The van der Waals surface area contributed by atoms with E-state index < -0.39 is 9.05 Å². The highest BCUT2D eigenvalue weighted by Gasteiger charge is 2.27. The van der Waals surface area contributed by atoms with Crippen LogP contribution in [0.25, 0.3) is 5.82 Å². The molecule has 0 amide bonds. The van der Waals surface area contributed by atoms with E-state index in [9.17, 15) is 8.42 Å². The minimum absolute atomic E-state index is 0.128. The summed E-state index contributed by atoms with van der Waals surface area (Å²) >= 11 is 11.8. The third kappa shape index (κ3) is 3.66. The van der Waals surface area contributed by atoms with Gasteiger partial charge in [-0.1, -0.05) is 37.0 Å². The van der Waals surface area contributed by atoms with E-state index in [4.69, 9.17) is 33.9 Å². The first-order valence-electron chi connectivity index (χ1n) is 5.91. The molecule has 2 rings (SSSR count). The van der Waals surface area contributed by atoms with Crippen LogP contribution in [0.3, 0.4) is 0 Å². The Labute approximate surface area is 136 Å². The highest BCUT2D eigenvalue weighted by atomic mass is 35.7. The van der Waals surface area contributed by atoms with Crippen LogP contribution in [0.2, 0.25) is 10.3 Å². The molecule has 0 spiro atoms. The number of halogens is 3. The quantitative estimate of drug-likeness (QED) is 0.774. The van der Waals surface area contributed by atoms with Crippen molar-refractivity contribution in [2.75, 3.05) is 0 Å². The van der Waals surface area contributed by atoms with E-state index in [-0.39, 0.29) is 26.9 Å². The van der Waals surface area contributed by atoms with Gasteiger partial charge < -0.3 is 0 Å². The lowest BCUT2D eigenvalue weighted by atomic mass is 10.1. The fourth-order valence-electron chi connectivity index (χ4n) is 1.76. The molecule has 0 radical (unpaired) electrons. The smallest absolute Gasteiger partial charge is 0.207 e. The summed E-state index contributed by atoms with van der Waals surface area (Å²) in [5.74, 6) is 0.429. The molecule has 0 N–H and O–H groups in total. The summed E-state index contributed by atoms with van der Waals surface area (Å²) in [6, 6.07) is 3.02. The predicted molar refractivity (Wildman–Crippen MR) is 80.8 cm³/mol. The summed E-state index contributed by atoms with van der Waals surface area (Å²) in [6.45, 7) is 3.86. The van der Waals surface area contributed by atoms with Gasteiger partial charge in [0.2, 0.25) is 0 Å². The van der Waals surface area contributed by atoms with Gasteiger partial charge >= 0.3 is 0 Å². The van der Waals surface area contributed by atoms with Gasteiger partial charge in [0.25, 0.3) is 9.05 Å². The fourth-order valence-corrected chi connectivity index (χ4v) is 3.70. The van der Waals surface area contributed by atoms with Crippen molar-refractivity contribution in [1.29, 1.82) is 0 Å². The predicted octanol–water partition coefficient (Wildman–Crippen LogP) is 3.10. The number of hydrogen-bond donors (Lipinski definition) is 0. The molecule has 0 aliphatic carbocycles. The van der Waals surface area contributed by atoms with Gasteiger partial charge in [0.1, 0.15) is 4.90 Å². The normalized spacial score (nSPS) is 12.1. The van der Waals surface area contributed by atoms with Gasteiger partial charge in [-0.05, 0) is 24.5 Å². The zero-order valence-electron chi connectivity index (χ0n) is 11.1. The van der Waals surface area contributed by atoms with Gasteiger partial charge in [-0.15, -0.1) is 10.2 Å². The maximum atomic E-state index is 11.7. The highest BCUT2D eigenvalue weighted by molar-refractivity contribution is 8.13. The SMILES string of the molecule is CC(C)Cc1nn(-c2ccc(Cl)nn2)c(Cl)c1S(=O)(=O)Cl. The zero-order valence-corrected chi connectivity index (χ0v) is 14.2. The molecule has 0 atom stereocenters. The van der Waals surface area contributed by atoms with Crippen molar-refractivity contribution in [3.05, 3.63) is 28.1 Å². The second kappa shape index (κ2) is 6.08. The lowest BCUT2D eigenvalue weighted by Gasteiger charge is -2.02. The Kier molecular flexibility index (Phi) is 4.77. The molecule has 21 heavy (non-hydrogen) atoms. The van der Waals surface area contributed by atoms with E-state index in [0.717, 1.165) is 0 Å². The third-order valence-electron chi connectivity index (χ3n) is 2.54. The minimum atomic E-state index is -4.02. The summed E-state index contributed by atoms with van der Waals surface area (Å²) in [5.41, 5.74) is 0.293. The summed E-state index contributed by atoms with van der Waals surface area (Å²) in [5, 5.41) is 11.8. The lowest BCUT2D eigenvalue weighted by Crippen LogP contribution is -2.03. The largest absolute Gasteiger partial charge is 0.266 e. The van der Waals surface area contributed by atoms with Gasteiger partial charge in [0, 0.05) is 10.7 Å². The van der Waals surface area contributed by atoms with Gasteiger partial charge in [-0.3, -0.25) is 0 Å². The molecule has 0 aliphatic rings. The number of rotatable bonds is 4. The molecule has 0 saturated carbocycles. The maximum absolute atomic E-state index is 11.7. The Morgan fingerprint density at radius 3 is 2.38 bits per heavy atom. The van der Waals surface area contributed by atoms with Crippen LogP contribution < -0.4 is 0 Å². The van der Waals surface area contributed by atoms with Crippen LogP contribution in [0.5, 0.6) is 0 Å². The van der Waals surface area contributed by atoms with E-state index in [2.05, 4.69) is 15.3 Å². The summed E-state index contributed by atoms with van der Waals surface area (Å²) < 4.78 is 24.6. The molecule has 0 aliphatic heterocycles. The first kappa shape index (κ1) is 16.5. The van der Waals surface area contributed by atoms with Crippen LogP contribution in [0, 0.1) is 5.92 Å². The van der Waals surface area contributed by atoms with Crippen LogP contribution in [0.15, 0.2) is 17.0 Å². The third-order valence-corrected chi connectivity index (χ3v) is 4.58. The number of aromatic nitrogens is 4. The molecule has 0 bridgehead atoms. The van der Waals surface area contributed by atoms with Crippen molar-refractivity contribution in [1.82, 2.24) is 20.0 Å². The average molecular weight is 370 g/mol. The van der Waals surface area contributed by atoms with Crippen LogP contribution in [-0.2, 0) is 15.5 Å². The topological polar surface area (TPSA) is 77.7 Å². The molecule has 6 nitrogen and oxygen atoms in total. The molecular formula is C11H11Cl3N4O2S. The Morgan fingerprint density at radius 1 is 1.24 bits per heavy atom. The monoisotopic (exact) mass is 368 g/mol. The maximum Gasteiger partial charge on any atom is 0.266 e. The van der Waals surface area contributed by atoms with Crippen molar-refractivity contribution in [3.63, 3.8) is 0 Å². The summed E-state index contributed by atoms with van der Waals surface area (Å²) in [4.78, 5) is -0.198. The molecule has 0 aromatic carbocycles. The minimum Gasteiger partial charge on any atom is -0.207 e. The molecule has 0 saturated heterocycles. The van der Waals surface area contributed by atoms with Crippen molar-refractivity contribution in [2.24, 2.45) is 5.92 Å². The molecule has 0 fully saturated rings. The lowest BCUT2D eigenvalue weighted by molar-refractivity contribution is 0.600. The van der Waals surface area contributed by atoms with Crippen molar-refractivity contribution in [3.8, 4) is 5.82 Å². The van der Waals surface area contributed by atoms with Crippen LogP contribution in [0.4, 0.5) is 0 Å². The van der Waals surface area contributed by atoms with E-state index in [1.807, 2.05) is 13.8 Å². The molecule has 2 aromatic heterocycles. The second-order valence-electron chi connectivity index (χ2n) is 4.73. The van der Waals surface area contributed by atoms with Gasteiger partial charge in [-0.2, -0.15) is 5.10 Å². The fraction of sp³-hybridized carbons (Fsp3) is 0.364. The zero-order chi connectivity index (χ0) is 15.8. The van der Waals surface area contributed by atoms with E-state index in [1.54, 1.807) is 0 Å². The van der Waals surface area contributed by atoms with Gasteiger partial charge in [-0.25, -0.2) is 13.1 Å². The molecule has 2 heterocycles. The molecule has 10 heteroatoms. The summed E-state index contributed by atoms with van der Waals surface area (Å²) in [6.07, 6.45) is 0.412. The molecule has 0 unspecified atom stereocenters. The van der Waals surface area contributed by atoms with E-state index in [1.165, 1.54) is 16.8 Å². The molecule has 114 valence electrons. The van der Waals surface area contributed by atoms with E-state index in [0.29, 0.717) is 12.1 Å². The number of hydrogen-bond acceptors (Lipinski definition) is 5. The van der Waals surface area contributed by atoms with E-state index >= 15 is 0 Å². The first-order valence-corrected chi connectivity index (χ1v) is 8.98. The van der Waals surface area contributed by atoms with Crippen LogP contribution in [-0.4, -0.2) is 28.4 Å². The summed E-state index contributed by atoms with van der Waals surface area (Å²) in [7, 11) is 1.43. The van der Waals surface area contributed by atoms with Crippen LogP contribution >= 0.6 is 33.9 Å². The Hall–Kier alpha value is -0.890. The number of nitrogens with zero attached hydrogens (tertiary/aromatic N) is 4. The second-order valence-corrected chi connectivity index (χ2v) is 7.98. The van der Waals surface area contributed by atoms with Crippen LogP contribution in [0.1, 0.15) is 19.5 Å². The standard InChI is InChI=1S/C11H11Cl3N4O2S/c1-6(2)5-7-10(21(14,19)20)11(13)18(17-7)9-4-3-8(12)15-16-9/h3-4,6H,5H2,1-2H3. The Balaban J connectivity index is 2.64. The van der Waals surface area contributed by atoms with Gasteiger partial charge in [0.05, 0.1) is 5.69 Å². The van der Waals surface area contributed by atoms with Gasteiger partial charge in [0.15, 0.2) is 16.1 Å². The first-order chi connectivity index (χ1) is 9.70. The average Bonchev–Trinajstić information content (AvgIpc) is 2.66. The van der Waals surface area contributed by atoms with Crippen molar-refractivity contribution >= 4 is 42.9 Å².